The van der Waals surface area contributed by atoms with E-state index in [0.717, 1.165) is 46.6 Å². The van der Waals surface area contributed by atoms with Crippen LogP contribution >= 0.6 is 0 Å². The lowest BCUT2D eigenvalue weighted by atomic mass is 9.86. The summed E-state index contributed by atoms with van der Waals surface area (Å²) in [6.45, 7) is 0.266. The normalized spacial score (nSPS) is 17.9. The average Bonchev–Trinajstić information content (AvgIpc) is 2.98. The maximum Gasteiger partial charge on any atom is 0.231 e. The molecule has 1 heterocycles. The van der Waals surface area contributed by atoms with Crippen molar-refractivity contribution >= 4 is 11.9 Å². The standard InChI is InChI=1S/C18H14O3/c19-18-14(7-6-13-3-1-2-4-15(13)18)9-12-5-8-16-17(10-12)21-11-20-16/h1-5,8-10H,6-7,11H2/b14-9-. The summed E-state index contributed by atoms with van der Waals surface area (Å²) in [5.41, 5.74) is 3.80. The van der Waals surface area contributed by atoms with Gasteiger partial charge < -0.3 is 9.47 Å². The number of Topliss-reactive ketones (excluding diaryl/α,β-unsaturated/α-hetero) is 1. The minimum Gasteiger partial charge on any atom is -0.454 e. The van der Waals surface area contributed by atoms with Crippen molar-refractivity contribution in [3.63, 3.8) is 0 Å². The molecular weight excluding hydrogens is 264 g/mol. The lowest BCUT2D eigenvalue weighted by molar-refractivity contribution is 0.102. The minimum absolute atomic E-state index is 0.134. The van der Waals surface area contributed by atoms with Gasteiger partial charge in [-0.2, -0.15) is 0 Å². The summed E-state index contributed by atoms with van der Waals surface area (Å²) >= 11 is 0. The Balaban J connectivity index is 1.69. The predicted molar refractivity (Wildman–Crippen MR) is 79.6 cm³/mol. The van der Waals surface area contributed by atoms with E-state index < -0.39 is 0 Å². The van der Waals surface area contributed by atoms with Gasteiger partial charge in [0.05, 0.1) is 0 Å². The molecule has 2 aromatic carbocycles. The second-order valence-electron chi connectivity index (χ2n) is 5.27. The van der Waals surface area contributed by atoms with E-state index in [-0.39, 0.29) is 12.6 Å². The van der Waals surface area contributed by atoms with E-state index in [9.17, 15) is 4.79 Å². The van der Waals surface area contributed by atoms with Gasteiger partial charge in [0.2, 0.25) is 6.79 Å². The number of ketones is 1. The number of rotatable bonds is 1. The number of benzene rings is 2. The Morgan fingerprint density at radius 1 is 0.952 bits per heavy atom. The molecule has 0 N–H and O–H groups in total. The zero-order valence-electron chi connectivity index (χ0n) is 11.5. The van der Waals surface area contributed by atoms with E-state index in [1.807, 2.05) is 48.5 Å². The number of carbonyl (C=O) groups excluding carboxylic acids is 1. The zero-order chi connectivity index (χ0) is 14.2. The second kappa shape index (κ2) is 4.77. The van der Waals surface area contributed by atoms with E-state index in [1.54, 1.807) is 0 Å². The van der Waals surface area contributed by atoms with Crippen LogP contribution in [0.5, 0.6) is 11.5 Å². The van der Waals surface area contributed by atoms with Crippen molar-refractivity contribution in [3.05, 3.63) is 64.7 Å². The average molecular weight is 278 g/mol. The Bertz CT molecular complexity index is 759. The molecule has 3 heteroatoms. The predicted octanol–water partition coefficient (Wildman–Crippen LogP) is 3.63. The first kappa shape index (κ1) is 12.2. The molecule has 1 aliphatic heterocycles. The molecule has 1 aliphatic carbocycles. The van der Waals surface area contributed by atoms with E-state index in [1.165, 1.54) is 0 Å². The van der Waals surface area contributed by atoms with E-state index in [2.05, 4.69) is 0 Å². The maximum atomic E-state index is 12.5. The Labute approximate surface area is 122 Å². The molecule has 0 unspecified atom stereocenters. The Kier molecular flexibility index (Phi) is 2.78. The molecule has 0 fully saturated rings. The topological polar surface area (TPSA) is 35.5 Å². The third-order valence-electron chi connectivity index (χ3n) is 3.95. The lowest BCUT2D eigenvalue weighted by Gasteiger charge is -2.17. The second-order valence-corrected chi connectivity index (χ2v) is 5.27. The van der Waals surface area contributed by atoms with Crippen LogP contribution in [0.25, 0.3) is 6.08 Å². The zero-order valence-corrected chi connectivity index (χ0v) is 11.5. The summed E-state index contributed by atoms with van der Waals surface area (Å²) < 4.78 is 10.7. The van der Waals surface area contributed by atoms with Gasteiger partial charge in [-0.25, -0.2) is 0 Å². The Hall–Kier alpha value is -2.55. The highest BCUT2D eigenvalue weighted by atomic mass is 16.7. The molecule has 21 heavy (non-hydrogen) atoms. The third-order valence-corrected chi connectivity index (χ3v) is 3.95. The highest BCUT2D eigenvalue weighted by Gasteiger charge is 2.21. The summed E-state index contributed by atoms with van der Waals surface area (Å²) in [6, 6.07) is 13.6. The first-order chi connectivity index (χ1) is 10.3. The van der Waals surface area contributed by atoms with Crippen molar-refractivity contribution in [1.29, 1.82) is 0 Å². The van der Waals surface area contributed by atoms with Gasteiger partial charge in [0.15, 0.2) is 17.3 Å². The van der Waals surface area contributed by atoms with Crippen LogP contribution in [-0.2, 0) is 6.42 Å². The summed E-state index contributed by atoms with van der Waals surface area (Å²) in [7, 11) is 0. The molecule has 0 spiro atoms. The number of ether oxygens (including phenoxy) is 2. The van der Waals surface area contributed by atoms with Crippen LogP contribution in [0.1, 0.15) is 27.9 Å². The number of hydrogen-bond acceptors (Lipinski definition) is 3. The van der Waals surface area contributed by atoms with Crippen LogP contribution in [0.15, 0.2) is 48.0 Å². The summed E-state index contributed by atoms with van der Waals surface area (Å²) in [5, 5.41) is 0. The molecule has 0 atom stereocenters. The number of carbonyl (C=O) groups is 1. The minimum atomic E-state index is 0.134. The van der Waals surface area contributed by atoms with Gasteiger partial charge >= 0.3 is 0 Å². The molecule has 0 bridgehead atoms. The molecule has 0 amide bonds. The van der Waals surface area contributed by atoms with E-state index in [0.29, 0.717) is 0 Å². The van der Waals surface area contributed by atoms with Crippen molar-refractivity contribution in [2.45, 2.75) is 12.8 Å². The van der Waals surface area contributed by atoms with Gasteiger partial charge in [0.1, 0.15) is 0 Å². The van der Waals surface area contributed by atoms with Crippen molar-refractivity contribution in [3.8, 4) is 11.5 Å². The van der Waals surface area contributed by atoms with Crippen LogP contribution in [0.4, 0.5) is 0 Å². The molecule has 2 aromatic rings. The summed E-state index contributed by atoms with van der Waals surface area (Å²) in [6.07, 6.45) is 3.66. The van der Waals surface area contributed by atoms with Crippen LogP contribution in [0.3, 0.4) is 0 Å². The molecule has 0 radical (unpaired) electrons. The molecular formula is C18H14O3. The summed E-state index contributed by atoms with van der Waals surface area (Å²) in [5.74, 6) is 1.64. The van der Waals surface area contributed by atoms with Crippen molar-refractivity contribution in [2.24, 2.45) is 0 Å². The fourth-order valence-corrected chi connectivity index (χ4v) is 2.86. The van der Waals surface area contributed by atoms with Gasteiger partial charge in [-0.05, 0) is 42.2 Å². The number of hydrogen-bond donors (Lipinski definition) is 0. The quantitative estimate of drug-likeness (QED) is 0.747. The van der Waals surface area contributed by atoms with E-state index >= 15 is 0 Å². The van der Waals surface area contributed by atoms with Crippen LogP contribution in [-0.4, -0.2) is 12.6 Å². The van der Waals surface area contributed by atoms with Gasteiger partial charge in [-0.1, -0.05) is 30.3 Å². The Morgan fingerprint density at radius 3 is 2.76 bits per heavy atom. The van der Waals surface area contributed by atoms with Crippen molar-refractivity contribution in [2.75, 3.05) is 6.79 Å². The highest BCUT2D eigenvalue weighted by Crippen LogP contribution is 2.34. The van der Waals surface area contributed by atoms with Gasteiger partial charge in [0.25, 0.3) is 0 Å². The fraction of sp³-hybridized carbons (Fsp3) is 0.167. The third kappa shape index (κ3) is 2.11. The van der Waals surface area contributed by atoms with Crippen molar-refractivity contribution < 1.29 is 14.3 Å². The van der Waals surface area contributed by atoms with Gasteiger partial charge in [0, 0.05) is 11.1 Å². The summed E-state index contributed by atoms with van der Waals surface area (Å²) in [4.78, 5) is 12.5. The number of fused-ring (bicyclic) bond motifs is 2. The largest absolute Gasteiger partial charge is 0.454 e. The molecule has 4 rings (SSSR count). The molecule has 104 valence electrons. The molecule has 0 saturated carbocycles. The van der Waals surface area contributed by atoms with Gasteiger partial charge in [-0.15, -0.1) is 0 Å². The number of aryl methyl sites for hydroxylation is 1. The van der Waals surface area contributed by atoms with Crippen LogP contribution < -0.4 is 9.47 Å². The smallest absolute Gasteiger partial charge is 0.231 e. The first-order valence-corrected chi connectivity index (χ1v) is 7.04. The van der Waals surface area contributed by atoms with Gasteiger partial charge in [-0.3, -0.25) is 4.79 Å². The lowest BCUT2D eigenvalue weighted by Crippen LogP contribution is -2.13. The van der Waals surface area contributed by atoms with Crippen LogP contribution in [0.2, 0.25) is 0 Å². The maximum absolute atomic E-state index is 12.5. The van der Waals surface area contributed by atoms with Crippen molar-refractivity contribution in [1.82, 2.24) is 0 Å². The fourth-order valence-electron chi connectivity index (χ4n) is 2.86. The molecule has 2 aliphatic rings. The molecule has 3 nitrogen and oxygen atoms in total. The highest BCUT2D eigenvalue weighted by molar-refractivity contribution is 6.13. The molecule has 0 aromatic heterocycles. The Morgan fingerprint density at radius 2 is 1.81 bits per heavy atom. The van der Waals surface area contributed by atoms with E-state index in [4.69, 9.17) is 9.47 Å². The van der Waals surface area contributed by atoms with Crippen LogP contribution in [0, 0.1) is 0 Å². The SMILES string of the molecule is O=C1/C(=C\c2ccc3c(c2)OCO3)CCc2ccccc21. The monoisotopic (exact) mass is 278 g/mol. The first-order valence-electron chi connectivity index (χ1n) is 7.04. The number of allylic oxidation sites excluding steroid dienone is 1. The molecule has 0 saturated heterocycles.